The summed E-state index contributed by atoms with van der Waals surface area (Å²) < 4.78 is 10.4. The molecule has 0 bridgehead atoms. The number of rotatable bonds is 2. The smallest absolute Gasteiger partial charge is 0.337 e. The highest BCUT2D eigenvalue weighted by Crippen LogP contribution is 2.36. The first kappa shape index (κ1) is 14.1. The van der Waals surface area contributed by atoms with Crippen molar-refractivity contribution in [1.29, 1.82) is 0 Å². The maximum atomic E-state index is 12.2. The van der Waals surface area contributed by atoms with Crippen molar-refractivity contribution in [3.05, 3.63) is 59.2 Å². The van der Waals surface area contributed by atoms with Crippen LogP contribution in [-0.4, -0.2) is 24.0 Å². The van der Waals surface area contributed by atoms with Gasteiger partial charge >= 0.3 is 5.97 Å². The summed E-state index contributed by atoms with van der Waals surface area (Å²) in [6, 6.07) is 11.2. The summed E-state index contributed by atoms with van der Waals surface area (Å²) in [5, 5.41) is 9.51. The van der Waals surface area contributed by atoms with Crippen molar-refractivity contribution in [1.82, 2.24) is 0 Å². The number of phenolic OH excluding ortho intramolecular Hbond substituents is 1. The highest BCUT2D eigenvalue weighted by Gasteiger charge is 2.28. The number of methoxy groups -OCH3 is 1. The minimum absolute atomic E-state index is 0.0386. The van der Waals surface area contributed by atoms with E-state index < -0.39 is 12.1 Å². The van der Waals surface area contributed by atoms with Crippen LogP contribution in [0.5, 0.6) is 11.5 Å². The van der Waals surface area contributed by atoms with E-state index in [1.165, 1.54) is 19.2 Å². The molecule has 0 spiro atoms. The highest BCUT2D eigenvalue weighted by atomic mass is 16.5. The third-order valence-corrected chi connectivity index (χ3v) is 3.61. The molecule has 0 radical (unpaired) electrons. The summed E-state index contributed by atoms with van der Waals surface area (Å²) >= 11 is 0. The van der Waals surface area contributed by atoms with Gasteiger partial charge in [0.1, 0.15) is 17.6 Å². The summed E-state index contributed by atoms with van der Waals surface area (Å²) in [6.07, 6.45) is -0.219. The molecule has 5 heteroatoms. The zero-order valence-electron chi connectivity index (χ0n) is 11.9. The summed E-state index contributed by atoms with van der Waals surface area (Å²) in [6.45, 7) is 0. The van der Waals surface area contributed by atoms with Gasteiger partial charge in [0, 0.05) is 6.07 Å². The molecule has 22 heavy (non-hydrogen) atoms. The molecule has 0 saturated carbocycles. The zero-order valence-corrected chi connectivity index (χ0v) is 11.9. The fraction of sp³-hybridized carbons (Fsp3) is 0.176. The van der Waals surface area contributed by atoms with Gasteiger partial charge in [0.2, 0.25) is 0 Å². The Morgan fingerprint density at radius 1 is 1.23 bits per heavy atom. The zero-order chi connectivity index (χ0) is 15.7. The van der Waals surface area contributed by atoms with Crippen molar-refractivity contribution >= 4 is 11.8 Å². The number of ketones is 1. The third-order valence-electron chi connectivity index (χ3n) is 3.61. The number of hydrogen-bond acceptors (Lipinski definition) is 5. The van der Waals surface area contributed by atoms with Gasteiger partial charge in [0.15, 0.2) is 5.78 Å². The summed E-state index contributed by atoms with van der Waals surface area (Å²) in [7, 11) is 1.32. The second kappa shape index (κ2) is 5.52. The first-order valence-corrected chi connectivity index (χ1v) is 6.79. The fourth-order valence-corrected chi connectivity index (χ4v) is 2.45. The van der Waals surface area contributed by atoms with Crippen LogP contribution in [0, 0.1) is 0 Å². The standard InChI is InChI=1S/C17H14O5/c1-21-17(20)11-4-2-10(3-5-11)15-9-14(19)13-7-6-12(18)8-16(13)22-15/h2-8,15,18H,9H2,1H3. The summed E-state index contributed by atoms with van der Waals surface area (Å²) in [5.74, 6) is -0.0303. The first-order chi connectivity index (χ1) is 10.6. The van der Waals surface area contributed by atoms with Gasteiger partial charge < -0.3 is 14.6 Å². The number of carbonyl (C=O) groups excluding carboxylic acids is 2. The van der Waals surface area contributed by atoms with Crippen molar-refractivity contribution in [2.24, 2.45) is 0 Å². The van der Waals surface area contributed by atoms with Gasteiger partial charge in [-0.1, -0.05) is 12.1 Å². The van der Waals surface area contributed by atoms with E-state index in [9.17, 15) is 14.7 Å². The van der Waals surface area contributed by atoms with Crippen LogP contribution in [0.15, 0.2) is 42.5 Å². The topological polar surface area (TPSA) is 72.8 Å². The molecule has 0 aliphatic carbocycles. The second-order valence-electron chi connectivity index (χ2n) is 5.03. The van der Waals surface area contributed by atoms with Crippen LogP contribution in [0.25, 0.3) is 0 Å². The molecular formula is C17H14O5. The molecule has 1 atom stereocenters. The van der Waals surface area contributed by atoms with E-state index in [0.29, 0.717) is 16.9 Å². The van der Waals surface area contributed by atoms with E-state index in [-0.39, 0.29) is 18.0 Å². The van der Waals surface area contributed by atoms with Crippen molar-refractivity contribution in [3.8, 4) is 11.5 Å². The molecule has 2 aromatic rings. The molecule has 0 aromatic heterocycles. The molecule has 1 aliphatic heterocycles. The SMILES string of the molecule is COC(=O)c1ccc(C2CC(=O)c3ccc(O)cc3O2)cc1. The molecule has 1 unspecified atom stereocenters. The Morgan fingerprint density at radius 2 is 1.95 bits per heavy atom. The van der Waals surface area contributed by atoms with Gasteiger partial charge in [-0.05, 0) is 29.8 Å². The maximum absolute atomic E-state index is 12.2. The van der Waals surface area contributed by atoms with Crippen LogP contribution in [0.4, 0.5) is 0 Å². The molecule has 3 rings (SSSR count). The van der Waals surface area contributed by atoms with Crippen LogP contribution in [0.3, 0.4) is 0 Å². The van der Waals surface area contributed by atoms with Crippen LogP contribution < -0.4 is 4.74 Å². The number of benzene rings is 2. The number of esters is 1. The second-order valence-corrected chi connectivity index (χ2v) is 5.03. The Kier molecular flexibility index (Phi) is 3.55. The number of carbonyl (C=O) groups is 2. The largest absolute Gasteiger partial charge is 0.508 e. The first-order valence-electron chi connectivity index (χ1n) is 6.79. The van der Waals surface area contributed by atoms with E-state index >= 15 is 0 Å². The van der Waals surface area contributed by atoms with Crippen molar-refractivity contribution < 1.29 is 24.2 Å². The molecule has 1 N–H and O–H groups in total. The number of Topliss-reactive ketones (excluding diaryl/α,β-unsaturated/α-hetero) is 1. The Labute approximate surface area is 127 Å². The lowest BCUT2D eigenvalue weighted by molar-refractivity contribution is 0.0600. The van der Waals surface area contributed by atoms with E-state index in [1.807, 2.05) is 0 Å². The molecule has 0 saturated heterocycles. The van der Waals surface area contributed by atoms with Crippen molar-refractivity contribution in [3.63, 3.8) is 0 Å². The van der Waals surface area contributed by atoms with E-state index in [2.05, 4.69) is 4.74 Å². The fourth-order valence-electron chi connectivity index (χ4n) is 2.45. The Bertz CT molecular complexity index is 733. The Hall–Kier alpha value is -2.82. The van der Waals surface area contributed by atoms with Gasteiger partial charge in [0.05, 0.1) is 24.7 Å². The molecule has 5 nitrogen and oxygen atoms in total. The van der Waals surface area contributed by atoms with E-state index in [0.717, 1.165) is 5.56 Å². The van der Waals surface area contributed by atoms with Crippen LogP contribution >= 0.6 is 0 Å². The van der Waals surface area contributed by atoms with Gasteiger partial charge in [0.25, 0.3) is 0 Å². The number of hydrogen-bond donors (Lipinski definition) is 1. The van der Waals surface area contributed by atoms with Crippen LogP contribution in [0.2, 0.25) is 0 Å². The average molecular weight is 298 g/mol. The summed E-state index contributed by atoms with van der Waals surface area (Å²) in [4.78, 5) is 23.6. The number of ether oxygens (including phenoxy) is 2. The van der Waals surface area contributed by atoms with Crippen molar-refractivity contribution in [2.45, 2.75) is 12.5 Å². The molecule has 1 heterocycles. The average Bonchev–Trinajstić information content (AvgIpc) is 2.53. The molecule has 0 amide bonds. The monoisotopic (exact) mass is 298 g/mol. The highest BCUT2D eigenvalue weighted by molar-refractivity contribution is 6.00. The molecule has 1 aliphatic rings. The number of fused-ring (bicyclic) bond motifs is 1. The van der Waals surface area contributed by atoms with Gasteiger partial charge in [-0.3, -0.25) is 4.79 Å². The van der Waals surface area contributed by atoms with Crippen LogP contribution in [-0.2, 0) is 4.74 Å². The lowest BCUT2D eigenvalue weighted by atomic mass is 9.95. The van der Waals surface area contributed by atoms with E-state index in [1.54, 1.807) is 30.3 Å². The molecular weight excluding hydrogens is 284 g/mol. The van der Waals surface area contributed by atoms with Crippen LogP contribution in [0.1, 0.15) is 38.8 Å². The molecule has 112 valence electrons. The molecule has 0 fully saturated rings. The minimum Gasteiger partial charge on any atom is -0.508 e. The number of aromatic hydroxyl groups is 1. The Balaban J connectivity index is 1.88. The minimum atomic E-state index is -0.437. The van der Waals surface area contributed by atoms with Gasteiger partial charge in [-0.2, -0.15) is 0 Å². The normalized spacial score (nSPS) is 16.6. The Morgan fingerprint density at radius 3 is 2.64 bits per heavy atom. The predicted octanol–water partition coefficient (Wildman–Crippen LogP) is 2.89. The van der Waals surface area contributed by atoms with Gasteiger partial charge in [-0.25, -0.2) is 4.79 Å². The third kappa shape index (κ3) is 2.53. The predicted molar refractivity (Wildman–Crippen MR) is 78.2 cm³/mol. The molecule has 2 aromatic carbocycles. The quantitative estimate of drug-likeness (QED) is 0.863. The lowest BCUT2D eigenvalue weighted by Crippen LogP contribution is -2.20. The van der Waals surface area contributed by atoms with Gasteiger partial charge in [-0.15, -0.1) is 0 Å². The number of phenols is 1. The van der Waals surface area contributed by atoms with Crippen molar-refractivity contribution in [2.75, 3.05) is 7.11 Å². The lowest BCUT2D eigenvalue weighted by Gasteiger charge is -2.25. The van der Waals surface area contributed by atoms with E-state index in [4.69, 9.17) is 4.74 Å². The maximum Gasteiger partial charge on any atom is 0.337 e. The summed E-state index contributed by atoms with van der Waals surface area (Å²) in [5.41, 5.74) is 1.70.